The summed E-state index contributed by atoms with van der Waals surface area (Å²) >= 11 is 5.96. The van der Waals surface area contributed by atoms with Crippen molar-refractivity contribution in [3.63, 3.8) is 0 Å². The van der Waals surface area contributed by atoms with Crippen LogP contribution in [0.5, 0.6) is 5.75 Å². The molecule has 0 aliphatic carbocycles. The third-order valence-corrected chi connectivity index (χ3v) is 5.90. The van der Waals surface area contributed by atoms with Gasteiger partial charge in [0.2, 0.25) is 0 Å². The predicted octanol–water partition coefficient (Wildman–Crippen LogP) is 5.59. The van der Waals surface area contributed by atoms with Crippen molar-refractivity contribution in [1.82, 2.24) is 0 Å². The highest BCUT2D eigenvalue weighted by atomic mass is 35.5. The Hall–Kier alpha value is -3.64. The molecule has 1 aliphatic rings. The monoisotopic (exact) mass is 465 g/mol. The standard InChI is InChI=1S/C26H21ClFNO4/c1-33-22-10-6-5-9-18(22)24-23(21(30)14-11-16-7-3-2-4-8-16)25(31)26(32)29(24)17-12-13-20(28)19(27)15-17/h2-10,12-13,15,24,31H,11,14H2,1H3. The van der Waals surface area contributed by atoms with Crippen LogP contribution in [0.25, 0.3) is 0 Å². The minimum Gasteiger partial charge on any atom is -0.503 e. The van der Waals surface area contributed by atoms with Gasteiger partial charge in [0.05, 0.1) is 23.7 Å². The summed E-state index contributed by atoms with van der Waals surface area (Å²) in [6.07, 6.45) is 0.548. The molecule has 1 atom stereocenters. The quantitative estimate of drug-likeness (QED) is 0.494. The number of para-hydroxylation sites is 1. The van der Waals surface area contributed by atoms with Gasteiger partial charge in [-0.05, 0) is 36.2 Å². The van der Waals surface area contributed by atoms with Crippen molar-refractivity contribution in [2.24, 2.45) is 0 Å². The number of aliphatic hydroxyl groups is 1. The van der Waals surface area contributed by atoms with Crippen LogP contribution in [0.3, 0.4) is 0 Å². The molecular formula is C26H21ClFNO4. The van der Waals surface area contributed by atoms with Crippen molar-refractivity contribution in [3.8, 4) is 5.75 Å². The molecule has 33 heavy (non-hydrogen) atoms. The zero-order valence-corrected chi connectivity index (χ0v) is 18.6. The number of anilines is 1. The molecule has 7 heteroatoms. The molecule has 1 unspecified atom stereocenters. The molecule has 5 nitrogen and oxygen atoms in total. The zero-order valence-electron chi connectivity index (χ0n) is 17.8. The van der Waals surface area contributed by atoms with Crippen molar-refractivity contribution in [2.75, 3.05) is 12.0 Å². The predicted molar refractivity (Wildman–Crippen MR) is 124 cm³/mol. The van der Waals surface area contributed by atoms with Gasteiger partial charge in [-0.2, -0.15) is 0 Å². The smallest absolute Gasteiger partial charge is 0.294 e. The fourth-order valence-electron chi connectivity index (χ4n) is 4.02. The summed E-state index contributed by atoms with van der Waals surface area (Å²) in [6.45, 7) is 0. The van der Waals surface area contributed by atoms with Crippen molar-refractivity contribution < 1.29 is 23.8 Å². The Kier molecular flexibility index (Phi) is 6.47. The number of benzene rings is 3. The van der Waals surface area contributed by atoms with Crippen LogP contribution in [-0.2, 0) is 16.0 Å². The molecule has 0 bridgehead atoms. The van der Waals surface area contributed by atoms with Gasteiger partial charge in [-0.3, -0.25) is 14.5 Å². The van der Waals surface area contributed by atoms with Crippen LogP contribution in [0.2, 0.25) is 5.02 Å². The zero-order chi connectivity index (χ0) is 23.5. The summed E-state index contributed by atoms with van der Waals surface area (Å²) < 4.78 is 19.3. The molecule has 0 saturated heterocycles. The molecular weight excluding hydrogens is 445 g/mol. The van der Waals surface area contributed by atoms with Gasteiger partial charge in [-0.1, -0.05) is 60.1 Å². The number of hydrogen-bond donors (Lipinski definition) is 1. The van der Waals surface area contributed by atoms with Crippen LogP contribution < -0.4 is 9.64 Å². The number of hydrogen-bond acceptors (Lipinski definition) is 4. The van der Waals surface area contributed by atoms with Gasteiger partial charge in [-0.15, -0.1) is 0 Å². The normalized spacial score (nSPS) is 15.8. The van der Waals surface area contributed by atoms with E-state index in [9.17, 15) is 19.1 Å². The van der Waals surface area contributed by atoms with Crippen LogP contribution in [0.15, 0.2) is 84.1 Å². The lowest BCUT2D eigenvalue weighted by atomic mass is 9.92. The minimum absolute atomic E-state index is 0.0270. The molecule has 0 radical (unpaired) electrons. The second-order valence-corrected chi connectivity index (χ2v) is 8.00. The van der Waals surface area contributed by atoms with Crippen molar-refractivity contribution in [1.29, 1.82) is 0 Å². The Morgan fingerprint density at radius 2 is 1.79 bits per heavy atom. The first-order valence-electron chi connectivity index (χ1n) is 10.3. The lowest BCUT2D eigenvalue weighted by Gasteiger charge is -2.28. The number of halogens is 2. The van der Waals surface area contributed by atoms with Gasteiger partial charge in [0.1, 0.15) is 11.6 Å². The molecule has 0 saturated carbocycles. The molecule has 0 aromatic heterocycles. The number of aryl methyl sites for hydroxylation is 1. The van der Waals surface area contributed by atoms with Crippen LogP contribution >= 0.6 is 11.6 Å². The second-order valence-electron chi connectivity index (χ2n) is 7.59. The average molecular weight is 466 g/mol. The number of rotatable bonds is 7. The largest absolute Gasteiger partial charge is 0.503 e. The van der Waals surface area contributed by atoms with Crippen molar-refractivity contribution in [3.05, 3.63) is 106 Å². The topological polar surface area (TPSA) is 66.8 Å². The van der Waals surface area contributed by atoms with E-state index in [0.717, 1.165) is 11.6 Å². The molecule has 1 N–H and O–H groups in total. The summed E-state index contributed by atoms with van der Waals surface area (Å²) in [5, 5.41) is 10.6. The van der Waals surface area contributed by atoms with Crippen LogP contribution in [0.4, 0.5) is 10.1 Å². The van der Waals surface area contributed by atoms with Crippen LogP contribution in [-0.4, -0.2) is 23.9 Å². The van der Waals surface area contributed by atoms with Gasteiger partial charge in [0, 0.05) is 17.7 Å². The van der Waals surface area contributed by atoms with Gasteiger partial charge in [0.25, 0.3) is 5.91 Å². The molecule has 4 rings (SSSR count). The molecule has 1 heterocycles. The van der Waals surface area contributed by atoms with E-state index in [1.165, 1.54) is 24.1 Å². The Morgan fingerprint density at radius 1 is 1.09 bits per heavy atom. The van der Waals surface area contributed by atoms with Gasteiger partial charge < -0.3 is 9.84 Å². The first kappa shape index (κ1) is 22.6. The fraction of sp³-hybridized carbons (Fsp3) is 0.154. The second kappa shape index (κ2) is 9.46. The number of methoxy groups -OCH3 is 1. The number of ketones is 1. The van der Waals surface area contributed by atoms with E-state index in [1.54, 1.807) is 24.3 Å². The van der Waals surface area contributed by atoms with Crippen molar-refractivity contribution in [2.45, 2.75) is 18.9 Å². The maximum Gasteiger partial charge on any atom is 0.294 e. The van der Waals surface area contributed by atoms with Crippen molar-refractivity contribution >= 4 is 29.0 Å². The average Bonchev–Trinajstić information content (AvgIpc) is 3.10. The Bertz CT molecular complexity index is 1240. The lowest BCUT2D eigenvalue weighted by Crippen LogP contribution is -2.31. The molecule has 1 aliphatic heterocycles. The molecule has 0 fully saturated rings. The SMILES string of the molecule is COc1ccccc1C1C(C(=O)CCc2ccccc2)=C(O)C(=O)N1c1ccc(F)c(Cl)c1. The van der Waals surface area contributed by atoms with Gasteiger partial charge in [-0.25, -0.2) is 4.39 Å². The number of aliphatic hydroxyl groups excluding tert-OH is 1. The van der Waals surface area contributed by atoms with Crippen LogP contribution in [0, 0.1) is 5.82 Å². The number of carbonyl (C=O) groups is 2. The number of ether oxygens (including phenoxy) is 1. The first-order valence-corrected chi connectivity index (χ1v) is 10.7. The first-order chi connectivity index (χ1) is 15.9. The summed E-state index contributed by atoms with van der Waals surface area (Å²) in [5.74, 6) is -1.97. The number of nitrogens with zero attached hydrogens (tertiary/aromatic N) is 1. The minimum atomic E-state index is -0.960. The van der Waals surface area contributed by atoms with Crippen LogP contribution in [0.1, 0.15) is 23.6 Å². The van der Waals surface area contributed by atoms with E-state index in [1.807, 2.05) is 30.3 Å². The summed E-state index contributed by atoms with van der Waals surface area (Å²) in [5.41, 5.74) is 1.70. The van der Waals surface area contributed by atoms with E-state index in [0.29, 0.717) is 17.7 Å². The van der Waals surface area contributed by atoms with E-state index in [2.05, 4.69) is 0 Å². The number of Topliss-reactive ketones (excluding diaryl/α,β-unsaturated/α-hetero) is 1. The summed E-state index contributed by atoms with van der Waals surface area (Å²) in [7, 11) is 1.48. The highest BCUT2D eigenvalue weighted by molar-refractivity contribution is 6.31. The Balaban J connectivity index is 1.78. The molecule has 0 spiro atoms. The lowest BCUT2D eigenvalue weighted by molar-refractivity contribution is -0.118. The van der Waals surface area contributed by atoms with E-state index in [4.69, 9.17) is 16.3 Å². The molecule has 1 amide bonds. The maximum absolute atomic E-state index is 13.8. The van der Waals surface area contributed by atoms with Gasteiger partial charge in [0.15, 0.2) is 11.5 Å². The Morgan fingerprint density at radius 3 is 2.48 bits per heavy atom. The maximum atomic E-state index is 13.8. The van der Waals surface area contributed by atoms with E-state index in [-0.39, 0.29) is 28.5 Å². The summed E-state index contributed by atoms with van der Waals surface area (Å²) in [4.78, 5) is 27.7. The summed E-state index contributed by atoms with van der Waals surface area (Å²) in [6, 6.07) is 19.3. The third-order valence-electron chi connectivity index (χ3n) is 5.61. The Labute approximate surface area is 195 Å². The fourth-order valence-corrected chi connectivity index (χ4v) is 4.19. The molecule has 3 aromatic rings. The molecule has 3 aromatic carbocycles. The molecule has 168 valence electrons. The van der Waals surface area contributed by atoms with E-state index < -0.39 is 23.5 Å². The highest BCUT2D eigenvalue weighted by Gasteiger charge is 2.45. The number of amides is 1. The number of carbonyl (C=O) groups excluding carboxylic acids is 2. The van der Waals surface area contributed by atoms with Gasteiger partial charge >= 0.3 is 0 Å². The van der Waals surface area contributed by atoms with E-state index >= 15 is 0 Å². The third kappa shape index (κ3) is 4.34. The highest BCUT2D eigenvalue weighted by Crippen LogP contribution is 2.44.